The highest BCUT2D eigenvalue weighted by Crippen LogP contribution is 2.20. The van der Waals surface area contributed by atoms with Gasteiger partial charge in [-0.05, 0) is 62.6 Å². The Morgan fingerprint density at radius 2 is 1.33 bits per heavy atom. The number of hydrogen-bond acceptors (Lipinski definition) is 14. The van der Waals surface area contributed by atoms with Crippen LogP contribution in [0.2, 0.25) is 0 Å². The van der Waals surface area contributed by atoms with E-state index >= 15 is 0 Å². The second kappa shape index (κ2) is 27.3. The van der Waals surface area contributed by atoms with Crippen molar-refractivity contribution in [2.24, 2.45) is 33.8 Å². The van der Waals surface area contributed by atoms with Crippen LogP contribution in [0.3, 0.4) is 0 Å². The number of aromatic hydroxyl groups is 1. The van der Waals surface area contributed by atoms with E-state index in [-0.39, 0.29) is 62.8 Å². The summed E-state index contributed by atoms with van der Waals surface area (Å²) < 4.78 is 0. The van der Waals surface area contributed by atoms with Crippen LogP contribution < -0.4 is 60.2 Å². The van der Waals surface area contributed by atoms with Crippen molar-refractivity contribution in [2.75, 3.05) is 32.8 Å². The third-order valence-corrected chi connectivity index (χ3v) is 9.88. The summed E-state index contributed by atoms with van der Waals surface area (Å²) in [5, 5.41) is 45.9. The van der Waals surface area contributed by atoms with Crippen LogP contribution in [0.25, 0.3) is 0 Å². The molecule has 0 saturated carbocycles. The largest absolute Gasteiger partial charge is 0.508 e. The van der Waals surface area contributed by atoms with Gasteiger partial charge in [0.25, 0.3) is 0 Å². The normalized spacial score (nSPS) is 15.9. The van der Waals surface area contributed by atoms with Crippen LogP contribution >= 0.6 is 0 Å². The van der Waals surface area contributed by atoms with Gasteiger partial charge in [0.15, 0.2) is 5.96 Å². The topological polar surface area (TPSA) is 435 Å². The van der Waals surface area contributed by atoms with E-state index in [2.05, 4.69) is 42.2 Å². The Morgan fingerprint density at radius 3 is 1.91 bits per heavy atom. The van der Waals surface area contributed by atoms with E-state index in [4.69, 9.17) is 22.9 Å². The molecule has 1 saturated heterocycles. The van der Waals surface area contributed by atoms with Crippen molar-refractivity contribution in [3.63, 3.8) is 0 Å². The maximum atomic E-state index is 14.0. The van der Waals surface area contributed by atoms with Crippen LogP contribution in [0.15, 0.2) is 29.3 Å². The minimum Gasteiger partial charge on any atom is -0.508 e. The monoisotopic (exact) mass is 933 g/mol. The van der Waals surface area contributed by atoms with Crippen molar-refractivity contribution in [3.8, 4) is 5.75 Å². The van der Waals surface area contributed by atoms with Gasteiger partial charge in [-0.25, -0.2) is 4.79 Å². The van der Waals surface area contributed by atoms with E-state index < -0.39 is 128 Å². The zero-order valence-electron chi connectivity index (χ0n) is 37.0. The number of nitrogens with one attached hydrogen (secondary N) is 7. The minimum atomic E-state index is -1.70. The van der Waals surface area contributed by atoms with Gasteiger partial charge in [-0.2, -0.15) is 0 Å². The number of benzene rings is 1. The summed E-state index contributed by atoms with van der Waals surface area (Å²) in [7, 11) is 0. The van der Waals surface area contributed by atoms with Crippen LogP contribution in [0.1, 0.15) is 64.9 Å². The standard InChI is InChI=1S/C40H63N13O13/c1-20(2)14-27(39(65)66)51-34(60)25(15-22-8-10-23(55)11-9-22)48-32(58)18-46-31(57)17-47-37(63)29-7-5-13-53(29)38(64)24(6-4-12-45-40(43)44)49-36(62)28(19-54)52-35(61)26(16-30(42)56)50-33(59)21(3)41/h8-11,20-21,24-29,54-55H,4-7,12-19,41H2,1-3H3,(H2,42,56)(H,46,57)(H,47,63)(H,48,58)(H,49,62)(H,50,59)(H,51,60)(H,52,61)(H,65,66)(H4,43,44,45)/t21-,24-,25-,26-,27-,28-,29-/m0/s1. The Kier molecular flexibility index (Phi) is 22.8. The summed E-state index contributed by atoms with van der Waals surface area (Å²) in [5.41, 5.74) is 22.1. The average Bonchev–Trinajstić information content (AvgIpc) is 3.74. The van der Waals surface area contributed by atoms with Gasteiger partial charge in [0.1, 0.15) is 42.0 Å². The summed E-state index contributed by atoms with van der Waals surface area (Å²) in [4.78, 5) is 133. The molecule has 9 amide bonds. The molecule has 1 aliphatic heterocycles. The van der Waals surface area contributed by atoms with E-state index in [9.17, 15) is 63.3 Å². The van der Waals surface area contributed by atoms with Gasteiger partial charge < -0.3 is 80.4 Å². The average molecular weight is 934 g/mol. The van der Waals surface area contributed by atoms with E-state index in [1.807, 2.05) is 0 Å². The van der Waals surface area contributed by atoms with Crippen LogP contribution in [0, 0.1) is 5.92 Å². The number of guanidine groups is 1. The number of nitrogens with two attached hydrogens (primary N) is 4. The molecule has 0 radical (unpaired) electrons. The third kappa shape index (κ3) is 19.3. The molecule has 7 atom stereocenters. The molecular formula is C40H63N13O13. The molecule has 366 valence electrons. The quantitative estimate of drug-likeness (QED) is 0.0222. The first-order valence-corrected chi connectivity index (χ1v) is 21.1. The number of aliphatic carboxylic acids is 1. The molecule has 1 aromatic rings. The number of aliphatic hydroxyl groups is 1. The molecule has 26 nitrogen and oxygen atoms in total. The van der Waals surface area contributed by atoms with Crippen molar-refractivity contribution in [3.05, 3.63) is 29.8 Å². The second-order valence-electron chi connectivity index (χ2n) is 16.0. The van der Waals surface area contributed by atoms with Gasteiger partial charge in [0.2, 0.25) is 53.2 Å². The molecule has 1 aliphatic rings. The number of hydrogen-bond donors (Lipinski definition) is 14. The first-order valence-electron chi connectivity index (χ1n) is 21.1. The highest BCUT2D eigenvalue weighted by Gasteiger charge is 2.39. The van der Waals surface area contributed by atoms with Crippen LogP contribution in [-0.4, -0.2) is 160 Å². The van der Waals surface area contributed by atoms with Gasteiger partial charge in [0.05, 0.1) is 32.2 Å². The van der Waals surface area contributed by atoms with E-state index in [0.29, 0.717) is 12.0 Å². The van der Waals surface area contributed by atoms with E-state index in [0.717, 1.165) is 0 Å². The number of carbonyl (C=O) groups is 10. The Balaban J connectivity index is 2.12. The van der Waals surface area contributed by atoms with Crippen molar-refractivity contribution < 1.29 is 63.3 Å². The fourth-order valence-electron chi connectivity index (χ4n) is 6.53. The molecule has 0 aromatic heterocycles. The maximum Gasteiger partial charge on any atom is 0.326 e. The number of carboxylic acids is 1. The summed E-state index contributed by atoms with van der Waals surface area (Å²) in [6.45, 7) is 2.67. The van der Waals surface area contributed by atoms with Gasteiger partial charge in [0, 0.05) is 19.5 Å². The predicted molar refractivity (Wildman–Crippen MR) is 234 cm³/mol. The summed E-state index contributed by atoms with van der Waals surface area (Å²) in [6.07, 6.45) is -0.112. The number of phenolic OH excluding ortho intramolecular Hbond substituents is 1. The lowest BCUT2D eigenvalue weighted by Gasteiger charge is -2.30. The first kappa shape index (κ1) is 55.0. The van der Waals surface area contributed by atoms with E-state index in [1.54, 1.807) is 13.8 Å². The molecule has 0 aliphatic carbocycles. The van der Waals surface area contributed by atoms with Crippen molar-refractivity contribution >= 4 is 65.1 Å². The lowest BCUT2D eigenvalue weighted by Crippen LogP contribution is -2.60. The fraction of sp³-hybridized carbons (Fsp3) is 0.575. The number of carbonyl (C=O) groups excluding carboxylic acids is 9. The molecule has 26 heteroatoms. The lowest BCUT2D eigenvalue weighted by molar-refractivity contribution is -0.142. The lowest BCUT2D eigenvalue weighted by atomic mass is 10.0. The minimum absolute atomic E-state index is 0.0308. The maximum absolute atomic E-state index is 14.0. The number of likely N-dealkylation sites (tertiary alicyclic amines) is 1. The predicted octanol–water partition coefficient (Wildman–Crippen LogP) is -6.02. The fourth-order valence-corrected chi connectivity index (χ4v) is 6.53. The van der Waals surface area contributed by atoms with E-state index in [1.165, 1.54) is 36.1 Å². The van der Waals surface area contributed by atoms with Crippen LogP contribution in [0.4, 0.5) is 0 Å². The van der Waals surface area contributed by atoms with Crippen molar-refractivity contribution in [1.29, 1.82) is 0 Å². The Morgan fingerprint density at radius 1 is 0.758 bits per heavy atom. The molecule has 1 aromatic carbocycles. The highest BCUT2D eigenvalue weighted by atomic mass is 16.4. The number of nitrogens with zero attached hydrogens (tertiary/aromatic N) is 2. The summed E-state index contributed by atoms with van der Waals surface area (Å²) >= 11 is 0. The van der Waals surface area contributed by atoms with Gasteiger partial charge in [-0.3, -0.25) is 48.1 Å². The van der Waals surface area contributed by atoms with Crippen LogP contribution in [0.5, 0.6) is 5.75 Å². The summed E-state index contributed by atoms with van der Waals surface area (Å²) in [6, 6.07) is -3.60. The van der Waals surface area contributed by atoms with Gasteiger partial charge >= 0.3 is 5.97 Å². The Bertz CT molecular complexity index is 1930. The molecule has 18 N–H and O–H groups in total. The van der Waals surface area contributed by atoms with Crippen molar-refractivity contribution in [1.82, 2.24) is 42.1 Å². The molecule has 0 unspecified atom stereocenters. The number of aliphatic imine (C=N–C) groups is 1. The Labute approximate surface area is 380 Å². The Hall–Kier alpha value is -7.09. The number of rotatable bonds is 27. The molecule has 66 heavy (non-hydrogen) atoms. The molecule has 1 heterocycles. The number of primary amides is 1. The molecule has 2 rings (SSSR count). The van der Waals surface area contributed by atoms with Gasteiger partial charge in [-0.15, -0.1) is 0 Å². The molecule has 1 fully saturated rings. The molecular weight excluding hydrogens is 871 g/mol. The molecule has 0 bridgehead atoms. The SMILES string of the molecule is CC(C)C[C@H](NC(=O)[C@H](Cc1ccc(O)cc1)NC(=O)CNC(=O)CNC(=O)[C@@H]1CCCN1C(=O)[C@H](CCCN=C(N)N)NC(=O)[C@H](CO)NC(=O)[C@H](CC(N)=O)NC(=O)[C@H](C)N)C(=O)O. The third-order valence-electron chi connectivity index (χ3n) is 9.88. The second-order valence-corrected chi connectivity index (χ2v) is 16.0. The zero-order valence-corrected chi connectivity index (χ0v) is 37.0. The number of phenols is 1. The zero-order chi connectivity index (χ0) is 49.7. The van der Waals surface area contributed by atoms with Crippen molar-refractivity contribution in [2.45, 2.75) is 108 Å². The first-order chi connectivity index (χ1) is 31.0. The summed E-state index contributed by atoms with van der Waals surface area (Å²) in [5.74, 6) is -9.49. The molecule has 0 spiro atoms. The number of aliphatic hydroxyl groups excluding tert-OH is 1. The number of amides is 9. The van der Waals surface area contributed by atoms with Gasteiger partial charge in [-0.1, -0.05) is 26.0 Å². The van der Waals surface area contributed by atoms with Crippen LogP contribution in [-0.2, 0) is 54.4 Å². The highest BCUT2D eigenvalue weighted by molar-refractivity contribution is 5.98. The number of carboxylic acid groups (broad SMARTS) is 1. The smallest absolute Gasteiger partial charge is 0.326 e.